The molecule has 0 aromatic heterocycles. The van der Waals surface area contributed by atoms with Crippen LogP contribution in [0.4, 0.5) is 4.39 Å². The molecule has 1 aliphatic rings. The Labute approximate surface area is 128 Å². The summed E-state index contributed by atoms with van der Waals surface area (Å²) in [7, 11) is 1.43. The van der Waals surface area contributed by atoms with Crippen molar-refractivity contribution in [3.05, 3.63) is 35.1 Å². The molecule has 2 atom stereocenters. The smallest absolute Gasteiger partial charge is 0.308 e. The second-order valence-corrected chi connectivity index (χ2v) is 5.71. The molecule has 120 valence electrons. The van der Waals surface area contributed by atoms with Crippen LogP contribution in [0.1, 0.15) is 23.5 Å². The molecule has 1 N–H and O–H groups in total. The van der Waals surface area contributed by atoms with Crippen molar-refractivity contribution in [2.24, 2.45) is 5.92 Å². The molecule has 1 saturated heterocycles. The van der Waals surface area contributed by atoms with Gasteiger partial charge in [0.1, 0.15) is 12.4 Å². The number of hydrogen-bond acceptors (Lipinski definition) is 3. The van der Waals surface area contributed by atoms with Crippen LogP contribution in [0.2, 0.25) is 0 Å². The monoisotopic (exact) mass is 309 g/mol. The van der Waals surface area contributed by atoms with Gasteiger partial charge in [-0.25, -0.2) is 4.39 Å². The second-order valence-electron chi connectivity index (χ2n) is 5.71. The Morgan fingerprint density at radius 2 is 2.14 bits per heavy atom. The number of piperidine rings is 1. The fraction of sp³-hybridized carbons (Fsp3) is 0.500. The fourth-order valence-electron chi connectivity index (χ4n) is 2.86. The molecule has 1 aromatic carbocycles. The van der Waals surface area contributed by atoms with E-state index in [1.54, 1.807) is 19.1 Å². The van der Waals surface area contributed by atoms with Crippen molar-refractivity contribution in [1.29, 1.82) is 0 Å². The van der Waals surface area contributed by atoms with Crippen LogP contribution in [0.5, 0.6) is 0 Å². The third-order valence-electron chi connectivity index (χ3n) is 4.07. The lowest BCUT2D eigenvalue weighted by Crippen LogP contribution is -2.46. The molecule has 0 bridgehead atoms. The van der Waals surface area contributed by atoms with Gasteiger partial charge in [-0.2, -0.15) is 0 Å². The molecule has 1 amide bonds. The summed E-state index contributed by atoms with van der Waals surface area (Å²) in [4.78, 5) is 24.9. The number of carboxylic acid groups (broad SMARTS) is 1. The van der Waals surface area contributed by atoms with E-state index in [0.29, 0.717) is 18.5 Å². The normalized spacial score (nSPS) is 21.7. The third kappa shape index (κ3) is 3.62. The summed E-state index contributed by atoms with van der Waals surface area (Å²) in [5.74, 6) is -2.17. The van der Waals surface area contributed by atoms with Gasteiger partial charge in [0.05, 0.1) is 5.92 Å². The van der Waals surface area contributed by atoms with E-state index in [-0.39, 0.29) is 30.8 Å². The quantitative estimate of drug-likeness (QED) is 0.921. The van der Waals surface area contributed by atoms with Gasteiger partial charge < -0.3 is 14.7 Å². The first-order valence-corrected chi connectivity index (χ1v) is 7.18. The maximum Gasteiger partial charge on any atom is 0.308 e. The maximum atomic E-state index is 13.4. The Kier molecular flexibility index (Phi) is 5.13. The number of nitrogens with zero attached hydrogens (tertiary/aromatic N) is 1. The largest absolute Gasteiger partial charge is 0.481 e. The zero-order chi connectivity index (χ0) is 16.3. The molecule has 6 heteroatoms. The van der Waals surface area contributed by atoms with Crippen LogP contribution >= 0.6 is 0 Å². The van der Waals surface area contributed by atoms with Gasteiger partial charge in [-0.05, 0) is 30.5 Å². The molecule has 1 heterocycles. The highest BCUT2D eigenvalue weighted by atomic mass is 19.1. The average molecular weight is 309 g/mol. The van der Waals surface area contributed by atoms with Gasteiger partial charge in [0.2, 0.25) is 5.91 Å². The molecular formula is C16H20FNO4. The molecule has 0 radical (unpaired) electrons. The van der Waals surface area contributed by atoms with E-state index in [1.165, 1.54) is 18.1 Å². The summed E-state index contributed by atoms with van der Waals surface area (Å²) in [6, 6.07) is 4.77. The first-order valence-electron chi connectivity index (χ1n) is 7.18. The summed E-state index contributed by atoms with van der Waals surface area (Å²) in [5, 5.41) is 9.30. The highest BCUT2D eigenvalue weighted by Crippen LogP contribution is 2.31. The summed E-state index contributed by atoms with van der Waals surface area (Å²) < 4.78 is 18.2. The summed E-state index contributed by atoms with van der Waals surface area (Å²) >= 11 is 0. The van der Waals surface area contributed by atoms with Crippen molar-refractivity contribution in [3.8, 4) is 0 Å². The van der Waals surface area contributed by atoms with Gasteiger partial charge in [0.15, 0.2) is 0 Å². The molecule has 1 aliphatic heterocycles. The number of ether oxygens (including phenoxy) is 1. The number of aliphatic carboxylic acids is 1. The fourth-order valence-corrected chi connectivity index (χ4v) is 2.86. The second kappa shape index (κ2) is 6.87. The van der Waals surface area contributed by atoms with Crippen LogP contribution in [0, 0.1) is 18.7 Å². The number of halogens is 1. The average Bonchev–Trinajstić information content (AvgIpc) is 2.49. The Morgan fingerprint density at radius 3 is 2.73 bits per heavy atom. The molecule has 0 aliphatic carbocycles. The van der Waals surface area contributed by atoms with E-state index in [0.717, 1.165) is 5.56 Å². The number of rotatable bonds is 4. The van der Waals surface area contributed by atoms with Crippen molar-refractivity contribution in [1.82, 2.24) is 4.90 Å². The number of carboxylic acids is 1. The molecule has 0 spiro atoms. The van der Waals surface area contributed by atoms with E-state index in [1.807, 2.05) is 0 Å². The van der Waals surface area contributed by atoms with Gasteiger partial charge in [-0.1, -0.05) is 12.1 Å². The minimum absolute atomic E-state index is 0.0680. The standard InChI is InChI=1S/C16H20FNO4/c1-10-5-11(3-4-14(10)17)12-6-13(16(20)21)8-18(7-12)15(19)9-22-2/h3-5,12-13H,6-9H2,1-2H3,(H,20,21). The number of carbonyl (C=O) groups excluding carboxylic acids is 1. The van der Waals surface area contributed by atoms with E-state index < -0.39 is 11.9 Å². The van der Waals surface area contributed by atoms with E-state index in [4.69, 9.17) is 4.74 Å². The van der Waals surface area contributed by atoms with Gasteiger partial charge >= 0.3 is 5.97 Å². The lowest BCUT2D eigenvalue weighted by molar-refractivity contribution is -0.147. The van der Waals surface area contributed by atoms with Crippen molar-refractivity contribution in [2.45, 2.75) is 19.3 Å². The number of aryl methyl sites for hydroxylation is 1. The number of carbonyl (C=O) groups is 2. The summed E-state index contributed by atoms with van der Waals surface area (Å²) in [5.41, 5.74) is 1.38. The van der Waals surface area contributed by atoms with E-state index in [9.17, 15) is 19.1 Å². The molecule has 2 unspecified atom stereocenters. The molecule has 1 aromatic rings. The maximum absolute atomic E-state index is 13.4. The molecule has 0 saturated carbocycles. The predicted octanol–water partition coefficient (Wildman–Crippen LogP) is 1.80. The molecular weight excluding hydrogens is 289 g/mol. The molecule has 22 heavy (non-hydrogen) atoms. The number of hydrogen-bond donors (Lipinski definition) is 1. The van der Waals surface area contributed by atoms with E-state index >= 15 is 0 Å². The zero-order valence-electron chi connectivity index (χ0n) is 12.7. The summed E-state index contributed by atoms with van der Waals surface area (Å²) in [6.07, 6.45) is 0.442. The first kappa shape index (κ1) is 16.4. The van der Waals surface area contributed by atoms with Gasteiger partial charge in [0, 0.05) is 26.1 Å². The van der Waals surface area contributed by atoms with Gasteiger partial charge in [-0.3, -0.25) is 9.59 Å². The van der Waals surface area contributed by atoms with E-state index in [2.05, 4.69) is 0 Å². The number of amides is 1. The van der Waals surface area contributed by atoms with Crippen LogP contribution in [0.15, 0.2) is 18.2 Å². The Morgan fingerprint density at radius 1 is 1.41 bits per heavy atom. The van der Waals surface area contributed by atoms with Crippen molar-refractivity contribution in [3.63, 3.8) is 0 Å². The highest BCUT2D eigenvalue weighted by molar-refractivity contribution is 5.79. The first-order chi connectivity index (χ1) is 10.4. The number of benzene rings is 1. The Hall–Kier alpha value is -1.95. The Bertz CT molecular complexity index is 575. The van der Waals surface area contributed by atoms with Crippen LogP contribution in [-0.4, -0.2) is 48.7 Å². The SMILES string of the molecule is COCC(=O)N1CC(C(=O)O)CC(c2ccc(F)c(C)c2)C1. The highest BCUT2D eigenvalue weighted by Gasteiger charge is 2.34. The third-order valence-corrected chi connectivity index (χ3v) is 4.07. The minimum atomic E-state index is -0.918. The van der Waals surface area contributed by atoms with Crippen LogP contribution in [-0.2, 0) is 14.3 Å². The molecule has 1 fully saturated rings. The van der Waals surface area contributed by atoms with Gasteiger partial charge in [-0.15, -0.1) is 0 Å². The zero-order valence-corrected chi connectivity index (χ0v) is 12.7. The number of methoxy groups -OCH3 is 1. The lowest BCUT2D eigenvalue weighted by Gasteiger charge is -2.36. The summed E-state index contributed by atoms with van der Waals surface area (Å²) in [6.45, 7) is 2.22. The Balaban J connectivity index is 2.23. The lowest BCUT2D eigenvalue weighted by atomic mass is 9.84. The molecule has 5 nitrogen and oxygen atoms in total. The molecule has 2 rings (SSSR count). The topological polar surface area (TPSA) is 66.8 Å². The van der Waals surface area contributed by atoms with Crippen molar-refractivity contribution in [2.75, 3.05) is 26.8 Å². The van der Waals surface area contributed by atoms with Gasteiger partial charge in [0.25, 0.3) is 0 Å². The van der Waals surface area contributed by atoms with Crippen LogP contribution in [0.25, 0.3) is 0 Å². The number of likely N-dealkylation sites (tertiary alicyclic amines) is 1. The minimum Gasteiger partial charge on any atom is -0.481 e. The van der Waals surface area contributed by atoms with Crippen LogP contribution < -0.4 is 0 Å². The van der Waals surface area contributed by atoms with Crippen LogP contribution in [0.3, 0.4) is 0 Å². The van der Waals surface area contributed by atoms with Crippen molar-refractivity contribution < 1.29 is 23.8 Å². The van der Waals surface area contributed by atoms with Crippen molar-refractivity contribution >= 4 is 11.9 Å². The predicted molar refractivity (Wildman–Crippen MR) is 78.1 cm³/mol.